The summed E-state index contributed by atoms with van der Waals surface area (Å²) in [5.74, 6) is 2.14. The van der Waals surface area contributed by atoms with Crippen LogP contribution in [0.5, 0.6) is 5.75 Å². The summed E-state index contributed by atoms with van der Waals surface area (Å²) in [6.07, 6.45) is 3.75. The van der Waals surface area contributed by atoms with Crippen molar-refractivity contribution in [3.05, 3.63) is 60.2 Å². The van der Waals surface area contributed by atoms with Gasteiger partial charge in [0.1, 0.15) is 0 Å². The molecule has 174 valence electrons. The second kappa shape index (κ2) is 10.3. The average molecular weight is 503 g/mol. The summed E-state index contributed by atoms with van der Waals surface area (Å²) in [7, 11) is 3.54. The van der Waals surface area contributed by atoms with E-state index in [1.54, 1.807) is 7.11 Å². The van der Waals surface area contributed by atoms with Crippen LogP contribution in [0.2, 0.25) is 4.82 Å². The van der Waals surface area contributed by atoms with E-state index in [0.717, 1.165) is 23.7 Å². The third-order valence-electron chi connectivity index (χ3n) is 7.13. The molecule has 5 heteroatoms. The van der Waals surface area contributed by atoms with Gasteiger partial charge in [-0.1, -0.05) is 0 Å². The van der Waals surface area contributed by atoms with Crippen molar-refractivity contribution in [2.24, 2.45) is 11.8 Å². The van der Waals surface area contributed by atoms with Gasteiger partial charge in [0.2, 0.25) is 0 Å². The van der Waals surface area contributed by atoms with Crippen LogP contribution in [0, 0.1) is 11.8 Å². The van der Waals surface area contributed by atoms with E-state index in [1.807, 2.05) is 19.2 Å². The molecule has 4 rings (SSSR count). The molecule has 32 heavy (non-hydrogen) atoms. The molecule has 0 aromatic heterocycles. The Morgan fingerprint density at radius 2 is 1.75 bits per heavy atom. The first-order valence-corrected chi connectivity index (χ1v) is 13.6. The molecule has 1 aliphatic heterocycles. The average Bonchev–Trinajstić information content (AvgIpc) is 2.79. The van der Waals surface area contributed by atoms with E-state index in [1.165, 1.54) is 17.3 Å². The van der Waals surface area contributed by atoms with Crippen molar-refractivity contribution in [2.45, 2.75) is 68.8 Å². The van der Waals surface area contributed by atoms with Crippen LogP contribution in [-0.4, -0.2) is 47.0 Å². The first-order chi connectivity index (χ1) is 15.4. The summed E-state index contributed by atoms with van der Waals surface area (Å²) in [6.45, 7) is 7.07. The van der Waals surface area contributed by atoms with Crippen LogP contribution in [0.15, 0.2) is 54.6 Å². The Morgan fingerprint density at radius 1 is 1.03 bits per heavy atom. The molecule has 1 aliphatic carbocycles. The molecule has 0 radical (unpaired) electrons. The van der Waals surface area contributed by atoms with Crippen LogP contribution in [0.4, 0.5) is 0 Å². The minimum absolute atomic E-state index is 0.0256. The van der Waals surface area contributed by atoms with E-state index >= 15 is 0 Å². The molecular weight excluding hydrogens is 465 g/mol. The van der Waals surface area contributed by atoms with Crippen molar-refractivity contribution in [1.82, 2.24) is 5.32 Å². The fourth-order valence-electron chi connectivity index (χ4n) is 5.44. The molecule has 2 aliphatic rings. The van der Waals surface area contributed by atoms with Gasteiger partial charge in [0.15, 0.2) is 0 Å². The number of rotatable bonds is 7. The van der Waals surface area contributed by atoms with Gasteiger partial charge < -0.3 is 0 Å². The summed E-state index contributed by atoms with van der Waals surface area (Å²) in [5.41, 5.74) is 1.11. The van der Waals surface area contributed by atoms with Crippen molar-refractivity contribution < 1.29 is 14.2 Å². The third-order valence-corrected chi connectivity index (χ3v) is 9.88. The monoisotopic (exact) mass is 503 g/mol. The number of methoxy groups -OCH3 is 2. The molecule has 6 atom stereocenters. The van der Waals surface area contributed by atoms with Crippen molar-refractivity contribution >= 4 is 19.4 Å². The van der Waals surface area contributed by atoms with Gasteiger partial charge in [0.25, 0.3) is 0 Å². The van der Waals surface area contributed by atoms with Gasteiger partial charge in [0.05, 0.1) is 0 Å². The van der Waals surface area contributed by atoms with Gasteiger partial charge >= 0.3 is 200 Å². The fourth-order valence-corrected chi connectivity index (χ4v) is 8.09. The van der Waals surface area contributed by atoms with E-state index in [0.29, 0.717) is 12.0 Å². The summed E-state index contributed by atoms with van der Waals surface area (Å²) < 4.78 is 20.2. The molecule has 0 amide bonds. The first kappa shape index (κ1) is 23.8. The number of fused-ring (bicyclic) bond motifs is 1. The van der Waals surface area contributed by atoms with Crippen LogP contribution in [0.3, 0.4) is 0 Å². The molecule has 0 unspecified atom stereocenters. The van der Waals surface area contributed by atoms with Crippen LogP contribution in [0.25, 0.3) is 0 Å². The molecule has 1 saturated carbocycles. The van der Waals surface area contributed by atoms with E-state index < -0.39 is 0 Å². The standard InChI is InChI=1S/C27H37NO3Se/c1-18-15-16-21-23(17-18)31-26(28-27(21,2)3)25(32-19-11-7-6-8-12-19)24(30-5)20-13-9-10-14-22(20)29-4/h6-14,18,21,23-26,28H,15-17H2,1-5H3/t18-,21-,23-,24-,25-,26+/m1/s1. The first-order valence-electron chi connectivity index (χ1n) is 11.7. The summed E-state index contributed by atoms with van der Waals surface area (Å²) in [6, 6.07) is 19.0. The maximum absolute atomic E-state index is 6.89. The molecular formula is C27H37NO3Se. The number of para-hydroxylation sites is 1. The minimum atomic E-state index is -0.128. The molecule has 2 aromatic rings. The fraction of sp³-hybridized carbons (Fsp3) is 0.556. The number of nitrogens with one attached hydrogen (secondary N) is 1. The van der Waals surface area contributed by atoms with E-state index in [9.17, 15) is 0 Å². The second-order valence-corrected chi connectivity index (χ2v) is 12.4. The van der Waals surface area contributed by atoms with E-state index in [4.69, 9.17) is 14.2 Å². The quantitative estimate of drug-likeness (QED) is 0.556. The van der Waals surface area contributed by atoms with Crippen LogP contribution in [-0.2, 0) is 9.47 Å². The van der Waals surface area contributed by atoms with Crippen LogP contribution < -0.4 is 14.5 Å². The Hall–Kier alpha value is -1.36. The number of hydrogen-bond donors (Lipinski definition) is 1. The topological polar surface area (TPSA) is 39.7 Å². The Morgan fingerprint density at radius 3 is 2.47 bits per heavy atom. The summed E-state index contributed by atoms with van der Waals surface area (Å²) in [4.78, 5) is 0.156. The second-order valence-electron chi connectivity index (χ2n) is 9.78. The number of ether oxygens (including phenoxy) is 3. The Labute approximate surface area is 199 Å². The van der Waals surface area contributed by atoms with Gasteiger partial charge in [-0.05, 0) is 0 Å². The Kier molecular flexibility index (Phi) is 7.64. The normalized spacial score (nSPS) is 29.0. The third kappa shape index (κ3) is 5.08. The van der Waals surface area contributed by atoms with E-state index in [2.05, 4.69) is 68.6 Å². The van der Waals surface area contributed by atoms with Crippen molar-refractivity contribution in [1.29, 1.82) is 0 Å². The van der Waals surface area contributed by atoms with Gasteiger partial charge in [0, 0.05) is 0 Å². The summed E-state index contributed by atoms with van der Waals surface area (Å²) >= 11 is 0.143. The zero-order valence-corrected chi connectivity index (χ0v) is 21.6. The van der Waals surface area contributed by atoms with Gasteiger partial charge in [-0.25, -0.2) is 0 Å². The molecule has 4 nitrogen and oxygen atoms in total. The molecule has 0 bridgehead atoms. The zero-order valence-electron chi connectivity index (χ0n) is 19.9. The Bertz CT molecular complexity index is 874. The predicted octanol–water partition coefficient (Wildman–Crippen LogP) is 4.73. The predicted molar refractivity (Wildman–Crippen MR) is 131 cm³/mol. The zero-order chi connectivity index (χ0) is 22.7. The molecule has 2 fully saturated rings. The maximum atomic E-state index is 6.89. The molecule has 2 aromatic carbocycles. The van der Waals surface area contributed by atoms with Crippen molar-refractivity contribution in [3.8, 4) is 5.75 Å². The molecule has 1 N–H and O–H groups in total. The van der Waals surface area contributed by atoms with Crippen molar-refractivity contribution in [3.63, 3.8) is 0 Å². The molecule has 0 spiro atoms. The molecule has 1 heterocycles. The SMILES string of the molecule is COc1ccccc1[C@@H](OC)[C@@H]([Se]c1ccccc1)[C@H]1NC(C)(C)[C@@H]2CC[C@@H](C)C[C@H]2O1. The Balaban J connectivity index is 1.70. The van der Waals surface area contributed by atoms with Crippen LogP contribution >= 0.6 is 0 Å². The molecule has 1 saturated heterocycles. The number of benzene rings is 2. The van der Waals surface area contributed by atoms with Gasteiger partial charge in [-0.2, -0.15) is 0 Å². The van der Waals surface area contributed by atoms with Crippen LogP contribution in [0.1, 0.15) is 51.7 Å². The van der Waals surface area contributed by atoms with Gasteiger partial charge in [-0.15, -0.1) is 0 Å². The summed E-state index contributed by atoms with van der Waals surface area (Å²) in [5, 5.41) is 3.92. The van der Waals surface area contributed by atoms with Gasteiger partial charge in [-0.3, -0.25) is 0 Å². The number of hydrogen-bond acceptors (Lipinski definition) is 4. The van der Waals surface area contributed by atoms with E-state index in [-0.39, 0.29) is 37.6 Å². The van der Waals surface area contributed by atoms with Crippen molar-refractivity contribution in [2.75, 3.05) is 14.2 Å².